The minimum Gasteiger partial charge on any atom is -0.463 e. The molecule has 0 amide bonds. The number of amidine groups is 1. The highest BCUT2D eigenvalue weighted by atomic mass is 16.5. The van der Waals surface area contributed by atoms with E-state index >= 15 is 0 Å². The zero-order chi connectivity index (χ0) is 10.1. The Morgan fingerprint density at radius 3 is 3.07 bits per heavy atom. The van der Waals surface area contributed by atoms with Gasteiger partial charge >= 0.3 is 0 Å². The first-order valence-corrected chi connectivity index (χ1v) is 4.69. The Hall–Kier alpha value is -1.52. The van der Waals surface area contributed by atoms with Gasteiger partial charge in [0, 0.05) is 18.8 Å². The molecule has 14 heavy (non-hydrogen) atoms. The van der Waals surface area contributed by atoms with E-state index in [1.807, 2.05) is 13.2 Å². The second-order valence-corrected chi connectivity index (χ2v) is 3.35. The SMILES string of the molecule is CCc1nn(C)cc1C1COC(N)=N1. The summed E-state index contributed by atoms with van der Waals surface area (Å²) in [7, 11) is 1.91. The van der Waals surface area contributed by atoms with Crippen molar-refractivity contribution in [2.75, 3.05) is 6.61 Å². The third-order valence-electron chi connectivity index (χ3n) is 2.30. The van der Waals surface area contributed by atoms with Crippen LogP contribution in [0.5, 0.6) is 0 Å². The molecule has 1 unspecified atom stereocenters. The smallest absolute Gasteiger partial charge is 0.282 e. The van der Waals surface area contributed by atoms with E-state index in [1.54, 1.807) is 4.68 Å². The Bertz CT molecular complexity index is 369. The lowest BCUT2D eigenvalue weighted by molar-refractivity contribution is 0.314. The molecule has 0 radical (unpaired) electrons. The summed E-state index contributed by atoms with van der Waals surface area (Å²) >= 11 is 0. The van der Waals surface area contributed by atoms with Gasteiger partial charge in [0.25, 0.3) is 6.02 Å². The minimum atomic E-state index is 0.0265. The van der Waals surface area contributed by atoms with Gasteiger partial charge < -0.3 is 10.5 Å². The molecular weight excluding hydrogens is 180 g/mol. The van der Waals surface area contributed by atoms with Crippen LogP contribution in [0.15, 0.2) is 11.2 Å². The second-order valence-electron chi connectivity index (χ2n) is 3.35. The standard InChI is InChI=1S/C9H14N4O/c1-3-7-6(4-13(2)12-7)8-5-14-9(10)11-8/h4,8H,3,5H2,1-2H3,(H2,10,11). The fourth-order valence-electron chi connectivity index (χ4n) is 1.66. The molecule has 76 valence electrons. The maximum absolute atomic E-state index is 5.46. The van der Waals surface area contributed by atoms with Crippen molar-refractivity contribution in [1.29, 1.82) is 0 Å². The third-order valence-corrected chi connectivity index (χ3v) is 2.30. The lowest BCUT2D eigenvalue weighted by atomic mass is 10.1. The molecule has 2 N–H and O–H groups in total. The molecule has 1 aliphatic heterocycles. The van der Waals surface area contributed by atoms with Crippen LogP contribution in [0.4, 0.5) is 0 Å². The third kappa shape index (κ3) is 1.45. The van der Waals surface area contributed by atoms with Crippen molar-refractivity contribution in [2.45, 2.75) is 19.4 Å². The number of rotatable bonds is 2. The molecule has 0 spiro atoms. The zero-order valence-corrected chi connectivity index (χ0v) is 8.40. The summed E-state index contributed by atoms with van der Waals surface area (Å²) in [5.74, 6) is 0. The van der Waals surface area contributed by atoms with Crippen LogP contribution < -0.4 is 5.73 Å². The number of hydrogen-bond acceptors (Lipinski definition) is 4. The number of ether oxygens (including phenoxy) is 1. The van der Waals surface area contributed by atoms with Gasteiger partial charge in [-0.3, -0.25) is 4.68 Å². The van der Waals surface area contributed by atoms with Gasteiger partial charge in [0.15, 0.2) is 0 Å². The Morgan fingerprint density at radius 2 is 2.50 bits per heavy atom. The molecule has 5 nitrogen and oxygen atoms in total. The van der Waals surface area contributed by atoms with Gasteiger partial charge in [0.2, 0.25) is 0 Å². The van der Waals surface area contributed by atoms with Gasteiger partial charge in [-0.15, -0.1) is 0 Å². The molecule has 0 saturated heterocycles. The summed E-state index contributed by atoms with van der Waals surface area (Å²) in [5.41, 5.74) is 7.65. The molecule has 1 aromatic heterocycles. The molecular formula is C9H14N4O. The zero-order valence-electron chi connectivity index (χ0n) is 8.40. The molecule has 0 aliphatic carbocycles. The maximum atomic E-state index is 5.46. The van der Waals surface area contributed by atoms with E-state index < -0.39 is 0 Å². The van der Waals surface area contributed by atoms with Gasteiger partial charge in [0.1, 0.15) is 12.6 Å². The van der Waals surface area contributed by atoms with E-state index in [1.165, 1.54) is 0 Å². The quantitative estimate of drug-likeness (QED) is 0.739. The van der Waals surface area contributed by atoms with Crippen LogP contribution in [-0.2, 0) is 18.2 Å². The molecule has 1 aromatic rings. The van der Waals surface area contributed by atoms with Crippen LogP contribution in [0, 0.1) is 0 Å². The molecule has 0 aromatic carbocycles. The Balaban J connectivity index is 2.31. The van der Waals surface area contributed by atoms with Crippen LogP contribution in [0.1, 0.15) is 24.2 Å². The molecule has 0 saturated carbocycles. The average molecular weight is 194 g/mol. The van der Waals surface area contributed by atoms with Gasteiger partial charge in [-0.25, -0.2) is 4.99 Å². The normalized spacial score (nSPS) is 20.7. The van der Waals surface area contributed by atoms with E-state index in [0.29, 0.717) is 6.61 Å². The molecule has 2 rings (SSSR count). The lowest BCUT2D eigenvalue weighted by Gasteiger charge is -2.02. The number of nitrogens with two attached hydrogens (primary N) is 1. The Labute approximate surface area is 82.6 Å². The summed E-state index contributed by atoms with van der Waals surface area (Å²) in [6.07, 6.45) is 2.89. The molecule has 0 fully saturated rings. The summed E-state index contributed by atoms with van der Waals surface area (Å²) in [5, 5.41) is 4.35. The number of nitrogens with zero attached hydrogens (tertiary/aromatic N) is 3. The highest BCUT2D eigenvalue weighted by Gasteiger charge is 2.22. The van der Waals surface area contributed by atoms with Crippen LogP contribution in [0.25, 0.3) is 0 Å². The van der Waals surface area contributed by atoms with Crippen LogP contribution >= 0.6 is 0 Å². The Morgan fingerprint density at radius 1 is 1.71 bits per heavy atom. The molecule has 5 heteroatoms. The van der Waals surface area contributed by atoms with Gasteiger partial charge in [-0.05, 0) is 6.42 Å². The van der Waals surface area contributed by atoms with Crippen molar-refractivity contribution in [1.82, 2.24) is 9.78 Å². The van der Waals surface area contributed by atoms with E-state index in [-0.39, 0.29) is 12.1 Å². The van der Waals surface area contributed by atoms with Crippen LogP contribution in [0.2, 0.25) is 0 Å². The van der Waals surface area contributed by atoms with E-state index in [4.69, 9.17) is 10.5 Å². The predicted molar refractivity (Wildman–Crippen MR) is 52.9 cm³/mol. The number of aromatic nitrogens is 2. The number of aliphatic imine (C=N–C) groups is 1. The van der Waals surface area contributed by atoms with E-state index in [9.17, 15) is 0 Å². The molecule has 1 aliphatic rings. The Kier molecular flexibility index (Phi) is 2.15. The largest absolute Gasteiger partial charge is 0.463 e. The van der Waals surface area contributed by atoms with Gasteiger partial charge in [-0.1, -0.05) is 6.92 Å². The number of hydrogen-bond donors (Lipinski definition) is 1. The predicted octanol–water partition coefficient (Wildman–Crippen LogP) is 0.369. The summed E-state index contributed by atoms with van der Waals surface area (Å²) in [4.78, 5) is 4.20. The molecule has 1 atom stereocenters. The first-order valence-electron chi connectivity index (χ1n) is 4.69. The minimum absolute atomic E-state index is 0.0265. The van der Waals surface area contributed by atoms with Crippen molar-refractivity contribution in [3.8, 4) is 0 Å². The monoisotopic (exact) mass is 194 g/mol. The first kappa shape index (κ1) is 9.05. The second kappa shape index (κ2) is 3.32. The maximum Gasteiger partial charge on any atom is 0.282 e. The van der Waals surface area contributed by atoms with Crippen LogP contribution in [-0.4, -0.2) is 22.4 Å². The van der Waals surface area contributed by atoms with Crippen LogP contribution in [0.3, 0.4) is 0 Å². The molecule has 2 heterocycles. The summed E-state index contributed by atoms with van der Waals surface area (Å²) in [6, 6.07) is 0.305. The highest BCUT2D eigenvalue weighted by Crippen LogP contribution is 2.24. The van der Waals surface area contributed by atoms with E-state index in [0.717, 1.165) is 17.7 Å². The van der Waals surface area contributed by atoms with Gasteiger partial charge in [0.05, 0.1) is 5.69 Å². The molecule has 0 bridgehead atoms. The highest BCUT2D eigenvalue weighted by molar-refractivity contribution is 5.73. The topological polar surface area (TPSA) is 65.4 Å². The summed E-state index contributed by atoms with van der Waals surface area (Å²) < 4.78 is 6.92. The number of aryl methyl sites for hydroxylation is 2. The van der Waals surface area contributed by atoms with Crippen molar-refractivity contribution < 1.29 is 4.74 Å². The van der Waals surface area contributed by atoms with E-state index in [2.05, 4.69) is 17.0 Å². The van der Waals surface area contributed by atoms with Crippen molar-refractivity contribution in [2.24, 2.45) is 17.8 Å². The van der Waals surface area contributed by atoms with Crippen molar-refractivity contribution in [3.63, 3.8) is 0 Å². The lowest BCUT2D eigenvalue weighted by Crippen LogP contribution is -2.10. The average Bonchev–Trinajstić information content (AvgIpc) is 2.71. The van der Waals surface area contributed by atoms with Gasteiger partial charge in [-0.2, -0.15) is 5.10 Å². The summed E-state index contributed by atoms with van der Waals surface area (Å²) in [6.45, 7) is 2.61. The van der Waals surface area contributed by atoms with Crippen molar-refractivity contribution >= 4 is 6.02 Å². The fraction of sp³-hybridized carbons (Fsp3) is 0.556. The van der Waals surface area contributed by atoms with Crippen molar-refractivity contribution in [3.05, 3.63) is 17.5 Å². The fourth-order valence-corrected chi connectivity index (χ4v) is 1.66. The first-order chi connectivity index (χ1) is 6.70.